The molecule has 1 atom stereocenters. The van der Waals surface area contributed by atoms with Crippen LogP contribution in [0.1, 0.15) is 18.1 Å². The van der Waals surface area contributed by atoms with Crippen LogP contribution in [0.5, 0.6) is 0 Å². The largest absolute Gasteiger partial charge is 0.310 e. The molecule has 2 rings (SSSR count). The van der Waals surface area contributed by atoms with Crippen molar-refractivity contribution < 1.29 is 4.39 Å². The zero-order chi connectivity index (χ0) is 12.1. The number of hydrogen-bond donors (Lipinski definition) is 1. The molecule has 0 spiro atoms. The zero-order valence-electron chi connectivity index (χ0n) is 9.82. The minimum Gasteiger partial charge on any atom is -0.310 e. The summed E-state index contributed by atoms with van der Waals surface area (Å²) < 4.78 is 13.4. The summed E-state index contributed by atoms with van der Waals surface area (Å²) in [6.07, 6.45) is 0.719. The van der Waals surface area contributed by atoms with Gasteiger partial charge < -0.3 is 5.32 Å². The highest BCUT2D eigenvalue weighted by atomic mass is 32.1. The molecule has 3 heteroatoms. The number of thiophene rings is 1. The third-order valence-electron chi connectivity index (χ3n) is 2.72. The molecule has 1 N–H and O–H groups in total. The molecule has 0 saturated heterocycles. The molecule has 0 amide bonds. The molecule has 2 aromatic rings. The van der Waals surface area contributed by atoms with Crippen LogP contribution in [-0.2, 0) is 13.0 Å². The number of benzene rings is 1. The van der Waals surface area contributed by atoms with Crippen molar-refractivity contribution in [3.8, 4) is 0 Å². The Hall–Kier alpha value is -1.19. The van der Waals surface area contributed by atoms with Crippen LogP contribution in [0.15, 0.2) is 41.1 Å². The summed E-state index contributed by atoms with van der Waals surface area (Å²) in [6, 6.07) is 9.34. The lowest BCUT2D eigenvalue weighted by molar-refractivity contribution is 0.526. The van der Waals surface area contributed by atoms with Gasteiger partial charge in [0, 0.05) is 12.6 Å². The van der Waals surface area contributed by atoms with E-state index in [1.165, 1.54) is 11.6 Å². The number of hydrogen-bond acceptors (Lipinski definition) is 2. The standard InChI is InChI=1S/C14H16FNS/c1-11(16-9-12-6-7-17-10-12)8-13-4-2-3-5-14(13)15/h2-7,10-11,16H,8-9H2,1H3. The van der Waals surface area contributed by atoms with Crippen LogP contribution in [0.3, 0.4) is 0 Å². The molecule has 1 aromatic carbocycles. The van der Waals surface area contributed by atoms with E-state index >= 15 is 0 Å². The lowest BCUT2D eigenvalue weighted by atomic mass is 10.1. The Morgan fingerprint density at radius 3 is 2.82 bits per heavy atom. The van der Waals surface area contributed by atoms with E-state index in [9.17, 15) is 4.39 Å². The summed E-state index contributed by atoms with van der Waals surface area (Å²) in [4.78, 5) is 0. The van der Waals surface area contributed by atoms with E-state index in [1.54, 1.807) is 17.4 Å². The van der Waals surface area contributed by atoms with Crippen molar-refractivity contribution in [1.82, 2.24) is 5.32 Å². The van der Waals surface area contributed by atoms with Gasteiger partial charge in [-0.15, -0.1) is 0 Å². The highest BCUT2D eigenvalue weighted by Crippen LogP contribution is 2.10. The maximum atomic E-state index is 13.4. The number of halogens is 1. The summed E-state index contributed by atoms with van der Waals surface area (Å²) in [5, 5.41) is 7.60. The molecule has 0 fully saturated rings. The molecule has 1 heterocycles. The third-order valence-corrected chi connectivity index (χ3v) is 3.45. The van der Waals surface area contributed by atoms with Gasteiger partial charge in [0.25, 0.3) is 0 Å². The normalized spacial score (nSPS) is 12.6. The monoisotopic (exact) mass is 249 g/mol. The Balaban J connectivity index is 1.85. The van der Waals surface area contributed by atoms with Crippen LogP contribution in [0.25, 0.3) is 0 Å². The predicted molar refractivity (Wildman–Crippen MR) is 70.7 cm³/mol. The van der Waals surface area contributed by atoms with Crippen molar-refractivity contribution in [2.45, 2.75) is 25.9 Å². The van der Waals surface area contributed by atoms with Crippen LogP contribution in [0, 0.1) is 5.82 Å². The molecular weight excluding hydrogens is 233 g/mol. The molecular formula is C14H16FNS. The van der Waals surface area contributed by atoms with Gasteiger partial charge in [-0.1, -0.05) is 18.2 Å². The molecule has 1 aromatic heterocycles. The Morgan fingerprint density at radius 1 is 1.29 bits per heavy atom. The molecule has 0 aliphatic carbocycles. The summed E-state index contributed by atoms with van der Waals surface area (Å²) in [5.41, 5.74) is 2.06. The lowest BCUT2D eigenvalue weighted by Gasteiger charge is -2.13. The number of nitrogens with one attached hydrogen (secondary N) is 1. The first-order valence-electron chi connectivity index (χ1n) is 5.73. The Labute approximate surface area is 105 Å². The van der Waals surface area contributed by atoms with Crippen molar-refractivity contribution in [2.75, 3.05) is 0 Å². The first-order valence-corrected chi connectivity index (χ1v) is 6.68. The van der Waals surface area contributed by atoms with Crippen LogP contribution in [0.2, 0.25) is 0 Å². The topological polar surface area (TPSA) is 12.0 Å². The Bertz CT molecular complexity index is 453. The highest BCUT2D eigenvalue weighted by Gasteiger charge is 2.06. The summed E-state index contributed by atoms with van der Waals surface area (Å²) in [7, 11) is 0. The summed E-state index contributed by atoms with van der Waals surface area (Å²) >= 11 is 1.70. The van der Waals surface area contributed by atoms with E-state index in [0.717, 1.165) is 18.5 Å². The fraction of sp³-hybridized carbons (Fsp3) is 0.286. The van der Waals surface area contributed by atoms with Gasteiger partial charge in [0.2, 0.25) is 0 Å². The quantitative estimate of drug-likeness (QED) is 0.853. The number of rotatable bonds is 5. The van der Waals surface area contributed by atoms with E-state index < -0.39 is 0 Å². The van der Waals surface area contributed by atoms with Crippen LogP contribution in [-0.4, -0.2) is 6.04 Å². The molecule has 0 bridgehead atoms. The van der Waals surface area contributed by atoms with E-state index in [1.807, 2.05) is 12.1 Å². The summed E-state index contributed by atoms with van der Waals surface area (Å²) in [6.45, 7) is 2.93. The minimum atomic E-state index is -0.114. The third kappa shape index (κ3) is 3.65. The molecule has 0 aliphatic heterocycles. The minimum absolute atomic E-state index is 0.114. The lowest BCUT2D eigenvalue weighted by Crippen LogP contribution is -2.27. The van der Waals surface area contributed by atoms with Crippen molar-refractivity contribution in [3.05, 3.63) is 58.0 Å². The summed E-state index contributed by atoms with van der Waals surface area (Å²) in [5.74, 6) is -0.114. The first-order chi connectivity index (χ1) is 8.25. The fourth-order valence-corrected chi connectivity index (χ4v) is 2.42. The van der Waals surface area contributed by atoms with Gasteiger partial charge in [-0.2, -0.15) is 11.3 Å². The average Bonchev–Trinajstić information content (AvgIpc) is 2.82. The molecule has 90 valence electrons. The maximum absolute atomic E-state index is 13.4. The van der Waals surface area contributed by atoms with Gasteiger partial charge in [0.1, 0.15) is 5.82 Å². The van der Waals surface area contributed by atoms with Crippen LogP contribution >= 0.6 is 11.3 Å². The SMILES string of the molecule is CC(Cc1ccccc1F)NCc1ccsc1. The van der Waals surface area contributed by atoms with E-state index in [2.05, 4.69) is 29.1 Å². The van der Waals surface area contributed by atoms with E-state index in [0.29, 0.717) is 0 Å². The highest BCUT2D eigenvalue weighted by molar-refractivity contribution is 7.07. The second-order valence-electron chi connectivity index (χ2n) is 4.21. The molecule has 0 radical (unpaired) electrons. The Morgan fingerprint density at radius 2 is 2.12 bits per heavy atom. The smallest absolute Gasteiger partial charge is 0.126 e. The van der Waals surface area contributed by atoms with Crippen LogP contribution < -0.4 is 5.32 Å². The Kier molecular flexibility index (Phi) is 4.29. The average molecular weight is 249 g/mol. The first kappa shape index (κ1) is 12.3. The molecule has 0 aliphatic rings. The van der Waals surface area contributed by atoms with E-state index in [-0.39, 0.29) is 11.9 Å². The zero-order valence-corrected chi connectivity index (χ0v) is 10.6. The predicted octanol–water partition coefficient (Wildman–Crippen LogP) is 3.61. The van der Waals surface area contributed by atoms with Gasteiger partial charge in [0.15, 0.2) is 0 Å². The molecule has 17 heavy (non-hydrogen) atoms. The second-order valence-corrected chi connectivity index (χ2v) is 4.99. The van der Waals surface area contributed by atoms with Crippen molar-refractivity contribution in [1.29, 1.82) is 0 Å². The maximum Gasteiger partial charge on any atom is 0.126 e. The molecule has 0 saturated carbocycles. The van der Waals surface area contributed by atoms with Crippen molar-refractivity contribution in [3.63, 3.8) is 0 Å². The van der Waals surface area contributed by atoms with Crippen molar-refractivity contribution >= 4 is 11.3 Å². The van der Waals surface area contributed by atoms with Gasteiger partial charge in [-0.3, -0.25) is 0 Å². The van der Waals surface area contributed by atoms with E-state index in [4.69, 9.17) is 0 Å². The van der Waals surface area contributed by atoms with Gasteiger partial charge >= 0.3 is 0 Å². The molecule has 1 nitrogen and oxygen atoms in total. The van der Waals surface area contributed by atoms with Crippen LogP contribution in [0.4, 0.5) is 4.39 Å². The second kappa shape index (κ2) is 5.94. The van der Waals surface area contributed by atoms with Gasteiger partial charge in [-0.05, 0) is 47.4 Å². The van der Waals surface area contributed by atoms with Crippen molar-refractivity contribution in [2.24, 2.45) is 0 Å². The molecule has 1 unspecified atom stereocenters. The fourth-order valence-electron chi connectivity index (χ4n) is 1.75. The van der Waals surface area contributed by atoms with Gasteiger partial charge in [-0.25, -0.2) is 4.39 Å². The van der Waals surface area contributed by atoms with Gasteiger partial charge in [0.05, 0.1) is 0 Å².